The van der Waals surface area contributed by atoms with Gasteiger partial charge in [0.25, 0.3) is 5.91 Å². The van der Waals surface area contributed by atoms with Crippen LogP contribution in [0.2, 0.25) is 0 Å². The van der Waals surface area contributed by atoms with Gasteiger partial charge in [0.15, 0.2) is 17.3 Å². The maximum atomic E-state index is 13.3. The van der Waals surface area contributed by atoms with Gasteiger partial charge in [-0.15, -0.1) is 0 Å². The molecule has 0 fully saturated rings. The first kappa shape index (κ1) is 23.3. The van der Waals surface area contributed by atoms with Crippen LogP contribution in [0.4, 0.5) is 17.6 Å². The summed E-state index contributed by atoms with van der Waals surface area (Å²) in [7, 11) is 0. The molecule has 1 aliphatic carbocycles. The van der Waals surface area contributed by atoms with Crippen molar-refractivity contribution >= 4 is 18.1 Å². The molecule has 1 heterocycles. The lowest BCUT2D eigenvalue weighted by molar-refractivity contribution is -0.181. The maximum Gasteiger partial charge on any atom is 0.392 e. The van der Waals surface area contributed by atoms with Crippen LogP contribution in [0.15, 0.2) is 35.8 Å². The fourth-order valence-corrected chi connectivity index (χ4v) is 3.68. The van der Waals surface area contributed by atoms with E-state index in [4.69, 9.17) is 10.2 Å². The Morgan fingerprint density at radius 3 is 2.40 bits per heavy atom. The van der Waals surface area contributed by atoms with E-state index in [1.165, 1.54) is 18.2 Å². The van der Waals surface area contributed by atoms with E-state index in [0.717, 1.165) is 11.6 Å². The summed E-state index contributed by atoms with van der Waals surface area (Å²) < 4.78 is 56.8. The number of hydrogen-bond donors (Lipinski definition) is 2. The third-order valence-electron chi connectivity index (χ3n) is 5.02. The molecule has 1 unspecified atom stereocenters. The van der Waals surface area contributed by atoms with E-state index in [9.17, 15) is 27.5 Å². The van der Waals surface area contributed by atoms with Gasteiger partial charge in [-0.05, 0) is 42.0 Å². The summed E-state index contributed by atoms with van der Waals surface area (Å²) in [6, 6.07) is 3.89. The number of nitrogens with two attached hydrogens (primary N) is 1. The molecule has 0 saturated carbocycles. The number of rotatable bonds is 3. The summed E-state index contributed by atoms with van der Waals surface area (Å²) in [6.45, 7) is 10.3. The van der Waals surface area contributed by atoms with Crippen molar-refractivity contribution in [3.8, 4) is 5.75 Å². The molecular weight excluding hydrogens is 402 g/mol. The molecule has 3 rings (SSSR count). The molecule has 0 spiro atoms. The predicted octanol–water partition coefficient (Wildman–Crippen LogP) is 5.60. The van der Waals surface area contributed by atoms with Crippen molar-refractivity contribution in [3.63, 3.8) is 0 Å². The van der Waals surface area contributed by atoms with E-state index in [1.807, 2.05) is 0 Å². The number of alkyl halides is 3. The fourth-order valence-electron chi connectivity index (χ4n) is 3.68. The summed E-state index contributed by atoms with van der Waals surface area (Å²) in [6.07, 6.45) is -1.52. The number of amides is 1. The molecule has 162 valence electrons. The zero-order chi connectivity index (χ0) is 22.9. The average Bonchev–Trinajstić information content (AvgIpc) is 3.07. The second-order valence-corrected chi connectivity index (χ2v) is 7.66. The highest BCUT2D eigenvalue weighted by Crippen LogP contribution is 2.48. The molecule has 0 saturated heterocycles. The lowest BCUT2D eigenvalue weighted by Crippen LogP contribution is -2.37. The topological polar surface area (TPSA) is 76.5 Å². The van der Waals surface area contributed by atoms with Crippen molar-refractivity contribution in [1.82, 2.24) is 0 Å². The SMILES string of the molecule is C=Cc1cc(C(N)=O)oc1C=C.CC1(C)CC(C(F)(F)F)Cc2ccc(F)c(O)c21. The first-order valence-corrected chi connectivity index (χ1v) is 9.07. The second-order valence-electron chi connectivity index (χ2n) is 7.66. The number of phenolic OH excluding ortho intramolecular Hbond substituents is 1. The molecule has 4 nitrogen and oxygen atoms in total. The first-order valence-electron chi connectivity index (χ1n) is 9.07. The summed E-state index contributed by atoms with van der Waals surface area (Å²) >= 11 is 0. The van der Waals surface area contributed by atoms with Crippen LogP contribution in [-0.2, 0) is 11.8 Å². The highest BCUT2D eigenvalue weighted by Gasteiger charge is 2.47. The number of benzene rings is 1. The fraction of sp³-hybridized carbons (Fsp3) is 0.318. The van der Waals surface area contributed by atoms with Crippen LogP contribution < -0.4 is 5.73 Å². The van der Waals surface area contributed by atoms with Crippen LogP contribution >= 0.6 is 0 Å². The Morgan fingerprint density at radius 2 is 1.93 bits per heavy atom. The summed E-state index contributed by atoms with van der Waals surface area (Å²) in [5, 5.41) is 9.71. The Kier molecular flexibility index (Phi) is 6.49. The van der Waals surface area contributed by atoms with Crippen molar-refractivity contribution in [3.05, 3.63) is 65.4 Å². The molecule has 2 aromatic rings. The van der Waals surface area contributed by atoms with Gasteiger partial charge in [-0.25, -0.2) is 4.39 Å². The van der Waals surface area contributed by atoms with Gasteiger partial charge in [0.05, 0.1) is 5.92 Å². The van der Waals surface area contributed by atoms with E-state index in [2.05, 4.69) is 13.2 Å². The monoisotopic (exact) mass is 425 g/mol. The first-order chi connectivity index (χ1) is 13.8. The molecule has 1 aromatic carbocycles. The number of primary amides is 1. The molecule has 30 heavy (non-hydrogen) atoms. The summed E-state index contributed by atoms with van der Waals surface area (Å²) in [4.78, 5) is 10.7. The molecule has 8 heteroatoms. The number of halogens is 4. The van der Waals surface area contributed by atoms with E-state index in [0.29, 0.717) is 16.9 Å². The van der Waals surface area contributed by atoms with Crippen LogP contribution in [-0.4, -0.2) is 17.2 Å². The summed E-state index contributed by atoms with van der Waals surface area (Å²) in [5.74, 6) is -2.69. The number of fused-ring (bicyclic) bond motifs is 1. The van der Waals surface area contributed by atoms with Crippen LogP contribution in [0.5, 0.6) is 5.75 Å². The number of phenols is 1. The van der Waals surface area contributed by atoms with E-state index >= 15 is 0 Å². The highest BCUT2D eigenvalue weighted by atomic mass is 19.4. The quantitative estimate of drug-likeness (QED) is 0.629. The lowest BCUT2D eigenvalue weighted by Gasteiger charge is -2.38. The van der Waals surface area contributed by atoms with E-state index < -0.39 is 35.0 Å². The molecule has 1 aromatic heterocycles. The minimum atomic E-state index is -4.26. The Labute approximate surface area is 171 Å². The Hall–Kier alpha value is -3.03. The van der Waals surface area contributed by atoms with E-state index in [-0.39, 0.29) is 18.6 Å². The standard InChI is InChI=1S/C13H14F4O.C9H9NO2/c1-12(2)6-8(13(15,16)17)5-7-3-4-9(14)11(18)10(7)12;1-3-6-5-8(9(10)11)12-7(6)4-2/h3-4,8,18H,5-6H2,1-2H3;3-5H,1-2H2,(H2,10,11). The van der Waals surface area contributed by atoms with Crippen molar-refractivity contribution in [1.29, 1.82) is 0 Å². The number of carbonyl (C=O) groups is 1. The zero-order valence-corrected chi connectivity index (χ0v) is 16.6. The normalized spacial score (nSPS) is 17.3. The van der Waals surface area contributed by atoms with Gasteiger partial charge in [-0.1, -0.05) is 39.1 Å². The largest absolute Gasteiger partial charge is 0.505 e. The number of hydrogen-bond acceptors (Lipinski definition) is 3. The van der Waals surface area contributed by atoms with Gasteiger partial charge >= 0.3 is 6.18 Å². The zero-order valence-electron chi connectivity index (χ0n) is 16.6. The molecule has 0 radical (unpaired) electrons. The average molecular weight is 425 g/mol. The minimum Gasteiger partial charge on any atom is -0.505 e. The van der Waals surface area contributed by atoms with Crippen molar-refractivity contribution < 1.29 is 31.9 Å². The van der Waals surface area contributed by atoms with Crippen LogP contribution in [0.1, 0.15) is 53.3 Å². The van der Waals surface area contributed by atoms with Crippen LogP contribution in [0, 0.1) is 11.7 Å². The van der Waals surface area contributed by atoms with Gasteiger partial charge < -0.3 is 15.3 Å². The minimum absolute atomic E-state index is 0.125. The number of carbonyl (C=O) groups excluding carboxylic acids is 1. The van der Waals surface area contributed by atoms with E-state index in [1.54, 1.807) is 19.9 Å². The highest BCUT2D eigenvalue weighted by molar-refractivity contribution is 5.91. The van der Waals surface area contributed by atoms with Gasteiger partial charge in [-0.3, -0.25) is 4.79 Å². The number of aromatic hydroxyl groups is 1. The molecule has 1 amide bonds. The molecule has 3 N–H and O–H groups in total. The van der Waals surface area contributed by atoms with Crippen molar-refractivity contribution in [2.45, 2.75) is 38.3 Å². The van der Waals surface area contributed by atoms with Crippen LogP contribution in [0.3, 0.4) is 0 Å². The van der Waals surface area contributed by atoms with Crippen molar-refractivity contribution in [2.24, 2.45) is 11.7 Å². The molecule has 0 aliphatic heterocycles. The molecule has 0 bridgehead atoms. The second kappa shape index (κ2) is 8.38. The summed E-state index contributed by atoms with van der Waals surface area (Å²) in [5.41, 5.74) is 5.53. The van der Waals surface area contributed by atoms with Crippen LogP contribution in [0.25, 0.3) is 12.2 Å². The molecular formula is C22H23F4NO3. The maximum absolute atomic E-state index is 13.3. The van der Waals surface area contributed by atoms with Gasteiger partial charge in [0.1, 0.15) is 5.76 Å². The van der Waals surface area contributed by atoms with Gasteiger partial charge in [0, 0.05) is 11.1 Å². The smallest absolute Gasteiger partial charge is 0.392 e. The number of furan rings is 1. The molecule has 1 atom stereocenters. The third kappa shape index (κ3) is 4.75. The Morgan fingerprint density at radius 1 is 1.30 bits per heavy atom. The predicted molar refractivity (Wildman–Crippen MR) is 106 cm³/mol. The Bertz CT molecular complexity index is 948. The van der Waals surface area contributed by atoms with Crippen molar-refractivity contribution in [2.75, 3.05) is 0 Å². The lowest BCUT2D eigenvalue weighted by atomic mass is 9.68. The van der Waals surface area contributed by atoms with Gasteiger partial charge in [0.2, 0.25) is 0 Å². The Balaban J connectivity index is 0.000000232. The molecule has 1 aliphatic rings. The third-order valence-corrected chi connectivity index (χ3v) is 5.02. The van der Waals surface area contributed by atoms with Gasteiger partial charge in [-0.2, -0.15) is 13.2 Å².